The zero-order valence-electron chi connectivity index (χ0n) is 16.0. The van der Waals surface area contributed by atoms with Crippen molar-refractivity contribution in [3.63, 3.8) is 0 Å². The number of methoxy groups -OCH3 is 1. The Bertz CT molecular complexity index is 1020. The SMILES string of the molecule is CCC(=O)N1N=C(c2cccc(NS(C)(=O)=O)c2)C[C@H]1c1cccc(OC)c1. The number of carbonyl (C=O) groups is 1. The van der Waals surface area contributed by atoms with Gasteiger partial charge in [-0.1, -0.05) is 31.2 Å². The lowest BCUT2D eigenvalue weighted by molar-refractivity contribution is -0.132. The third-order valence-corrected chi connectivity index (χ3v) is 5.05. The van der Waals surface area contributed by atoms with Gasteiger partial charge in [0.15, 0.2) is 0 Å². The molecule has 0 spiro atoms. The number of sulfonamides is 1. The maximum Gasteiger partial charge on any atom is 0.242 e. The van der Waals surface area contributed by atoms with Crippen molar-refractivity contribution in [2.24, 2.45) is 5.10 Å². The van der Waals surface area contributed by atoms with Crippen LogP contribution in [0.5, 0.6) is 5.75 Å². The van der Waals surface area contributed by atoms with Gasteiger partial charge in [0.1, 0.15) is 5.75 Å². The van der Waals surface area contributed by atoms with Crippen LogP contribution in [-0.2, 0) is 14.8 Å². The summed E-state index contributed by atoms with van der Waals surface area (Å²) in [5, 5.41) is 6.08. The summed E-state index contributed by atoms with van der Waals surface area (Å²) in [6.07, 6.45) is 1.97. The van der Waals surface area contributed by atoms with Gasteiger partial charge in [0, 0.05) is 18.5 Å². The van der Waals surface area contributed by atoms with Gasteiger partial charge in [-0.25, -0.2) is 13.4 Å². The molecule has 148 valence electrons. The Balaban J connectivity index is 1.94. The normalized spacial score (nSPS) is 16.6. The average molecular weight is 401 g/mol. The Kier molecular flexibility index (Phi) is 5.69. The van der Waals surface area contributed by atoms with Crippen molar-refractivity contribution in [1.82, 2.24) is 5.01 Å². The zero-order chi connectivity index (χ0) is 20.3. The molecule has 0 aliphatic carbocycles. The van der Waals surface area contributed by atoms with Gasteiger partial charge in [-0.05, 0) is 35.4 Å². The molecule has 1 N–H and O–H groups in total. The Hall–Kier alpha value is -2.87. The molecule has 3 rings (SSSR count). The van der Waals surface area contributed by atoms with Crippen molar-refractivity contribution in [3.05, 3.63) is 59.7 Å². The molecule has 2 aromatic rings. The highest BCUT2D eigenvalue weighted by molar-refractivity contribution is 7.92. The quantitative estimate of drug-likeness (QED) is 0.805. The summed E-state index contributed by atoms with van der Waals surface area (Å²) in [4.78, 5) is 12.5. The summed E-state index contributed by atoms with van der Waals surface area (Å²) < 4.78 is 30.8. The lowest BCUT2D eigenvalue weighted by Gasteiger charge is -2.21. The number of ether oxygens (including phenoxy) is 1. The van der Waals surface area contributed by atoms with E-state index in [-0.39, 0.29) is 11.9 Å². The van der Waals surface area contributed by atoms with Crippen LogP contribution in [0.2, 0.25) is 0 Å². The second kappa shape index (κ2) is 8.02. The van der Waals surface area contributed by atoms with Gasteiger partial charge in [0.25, 0.3) is 0 Å². The molecule has 0 unspecified atom stereocenters. The molecule has 1 aliphatic rings. The molecule has 7 nitrogen and oxygen atoms in total. The third kappa shape index (κ3) is 4.51. The van der Waals surface area contributed by atoms with E-state index in [9.17, 15) is 13.2 Å². The first-order valence-corrected chi connectivity index (χ1v) is 10.8. The number of amides is 1. The van der Waals surface area contributed by atoms with E-state index in [0.29, 0.717) is 24.3 Å². The standard InChI is InChI=1S/C20H23N3O4S/c1-4-20(24)23-19(15-8-6-10-17(12-15)27-2)13-18(21-23)14-7-5-9-16(11-14)22-28(3,25)26/h5-12,19,22H,4,13H2,1-3H3/t19-/m0/s1. The summed E-state index contributed by atoms with van der Waals surface area (Å²) >= 11 is 0. The van der Waals surface area contributed by atoms with Crippen LogP contribution >= 0.6 is 0 Å². The highest BCUT2D eigenvalue weighted by Crippen LogP contribution is 2.35. The van der Waals surface area contributed by atoms with Crippen molar-refractivity contribution < 1.29 is 17.9 Å². The summed E-state index contributed by atoms with van der Waals surface area (Å²) in [6, 6.07) is 14.4. The van der Waals surface area contributed by atoms with E-state index < -0.39 is 10.0 Å². The summed E-state index contributed by atoms with van der Waals surface area (Å²) in [5.41, 5.74) is 2.89. The minimum Gasteiger partial charge on any atom is -0.497 e. The topological polar surface area (TPSA) is 88.1 Å². The maximum absolute atomic E-state index is 12.5. The number of hydrogen-bond donors (Lipinski definition) is 1. The van der Waals surface area contributed by atoms with E-state index in [1.807, 2.05) is 30.3 Å². The Labute approximate surface area is 165 Å². The second-order valence-electron chi connectivity index (χ2n) is 6.59. The molecule has 0 radical (unpaired) electrons. The van der Waals surface area contributed by atoms with Gasteiger partial charge in [-0.3, -0.25) is 9.52 Å². The van der Waals surface area contributed by atoms with Crippen molar-refractivity contribution in [2.45, 2.75) is 25.8 Å². The Morgan fingerprint density at radius 3 is 2.68 bits per heavy atom. The molecule has 0 saturated heterocycles. The van der Waals surface area contributed by atoms with Crippen LogP contribution in [0.25, 0.3) is 0 Å². The lowest BCUT2D eigenvalue weighted by atomic mass is 9.98. The highest BCUT2D eigenvalue weighted by Gasteiger charge is 2.32. The second-order valence-corrected chi connectivity index (χ2v) is 8.34. The van der Waals surface area contributed by atoms with Crippen LogP contribution in [0.15, 0.2) is 53.6 Å². The fourth-order valence-corrected chi connectivity index (χ4v) is 3.72. The predicted molar refractivity (Wildman–Crippen MR) is 109 cm³/mol. The van der Waals surface area contributed by atoms with E-state index in [2.05, 4.69) is 9.82 Å². The fourth-order valence-electron chi connectivity index (χ4n) is 3.16. The van der Waals surface area contributed by atoms with Crippen molar-refractivity contribution in [1.29, 1.82) is 0 Å². The number of hydrazone groups is 1. The maximum atomic E-state index is 12.5. The molecule has 8 heteroatoms. The van der Waals surface area contributed by atoms with Crippen molar-refractivity contribution >= 4 is 27.3 Å². The van der Waals surface area contributed by atoms with Crippen LogP contribution in [0.1, 0.15) is 36.9 Å². The third-order valence-electron chi connectivity index (χ3n) is 4.45. The number of nitrogens with one attached hydrogen (secondary N) is 1. The van der Waals surface area contributed by atoms with Gasteiger partial charge in [-0.2, -0.15) is 5.10 Å². The molecule has 0 aromatic heterocycles. The molecular weight excluding hydrogens is 378 g/mol. The van der Waals surface area contributed by atoms with Crippen molar-refractivity contribution in [3.8, 4) is 5.75 Å². The molecule has 1 aliphatic heterocycles. The van der Waals surface area contributed by atoms with Gasteiger partial charge in [0.2, 0.25) is 15.9 Å². The zero-order valence-corrected chi connectivity index (χ0v) is 16.9. The smallest absolute Gasteiger partial charge is 0.242 e. The van der Waals surface area contributed by atoms with Crippen LogP contribution in [0.4, 0.5) is 5.69 Å². The molecule has 2 aromatic carbocycles. The molecule has 1 atom stereocenters. The van der Waals surface area contributed by atoms with E-state index >= 15 is 0 Å². The van der Waals surface area contributed by atoms with Gasteiger partial charge in [-0.15, -0.1) is 0 Å². The first-order valence-electron chi connectivity index (χ1n) is 8.92. The average Bonchev–Trinajstić information content (AvgIpc) is 3.12. The van der Waals surface area contributed by atoms with E-state index in [1.54, 1.807) is 32.2 Å². The van der Waals surface area contributed by atoms with E-state index in [1.165, 1.54) is 5.01 Å². The molecular formula is C20H23N3O4S. The van der Waals surface area contributed by atoms with E-state index in [4.69, 9.17) is 4.74 Å². The lowest BCUT2D eigenvalue weighted by Crippen LogP contribution is -2.26. The number of nitrogens with zero attached hydrogens (tertiary/aromatic N) is 2. The van der Waals surface area contributed by atoms with Crippen LogP contribution in [-0.4, -0.2) is 38.4 Å². The minimum atomic E-state index is -3.38. The first-order chi connectivity index (χ1) is 13.3. The highest BCUT2D eigenvalue weighted by atomic mass is 32.2. The molecule has 0 bridgehead atoms. The van der Waals surface area contributed by atoms with E-state index in [0.717, 1.165) is 23.1 Å². The van der Waals surface area contributed by atoms with Crippen LogP contribution in [0, 0.1) is 0 Å². The summed E-state index contributed by atoms with van der Waals surface area (Å²) in [5.74, 6) is 0.641. The molecule has 0 fully saturated rings. The van der Waals surface area contributed by atoms with Crippen molar-refractivity contribution in [2.75, 3.05) is 18.1 Å². The number of benzene rings is 2. The number of rotatable bonds is 6. The van der Waals surface area contributed by atoms with Crippen LogP contribution in [0.3, 0.4) is 0 Å². The largest absolute Gasteiger partial charge is 0.497 e. The Morgan fingerprint density at radius 2 is 2.00 bits per heavy atom. The van der Waals surface area contributed by atoms with Gasteiger partial charge in [0.05, 0.1) is 25.1 Å². The number of hydrogen-bond acceptors (Lipinski definition) is 5. The number of carbonyl (C=O) groups excluding carboxylic acids is 1. The Morgan fingerprint density at radius 1 is 1.25 bits per heavy atom. The molecule has 28 heavy (non-hydrogen) atoms. The molecule has 1 heterocycles. The predicted octanol–water partition coefficient (Wildman–Crippen LogP) is 3.15. The van der Waals surface area contributed by atoms with Gasteiger partial charge < -0.3 is 4.74 Å². The van der Waals surface area contributed by atoms with Gasteiger partial charge >= 0.3 is 0 Å². The van der Waals surface area contributed by atoms with Crippen LogP contribution < -0.4 is 9.46 Å². The number of anilines is 1. The summed E-state index contributed by atoms with van der Waals surface area (Å²) in [7, 11) is -1.77. The molecule has 1 amide bonds. The minimum absolute atomic E-state index is 0.0757. The molecule has 0 saturated carbocycles. The monoisotopic (exact) mass is 401 g/mol. The summed E-state index contributed by atoms with van der Waals surface area (Å²) in [6.45, 7) is 1.80. The fraction of sp³-hybridized carbons (Fsp3) is 0.300. The first kappa shape index (κ1) is 19.9.